The van der Waals surface area contributed by atoms with E-state index in [4.69, 9.17) is 0 Å². The van der Waals surface area contributed by atoms with Crippen LogP contribution in [-0.4, -0.2) is 27.8 Å². The van der Waals surface area contributed by atoms with E-state index in [-0.39, 0.29) is 9.13 Å². The summed E-state index contributed by atoms with van der Waals surface area (Å²) in [5.41, 5.74) is 2.09. The number of methoxy groups -OCH3 is 1. The lowest BCUT2D eigenvalue weighted by Crippen LogP contribution is -2.05. The Bertz CT molecular complexity index is 870. The average Bonchev–Trinajstić information content (AvgIpc) is 2.62. The molecule has 2 rings (SSSR count). The third-order valence-electron chi connectivity index (χ3n) is 3.46. The molecule has 2 aromatic carbocycles. The van der Waals surface area contributed by atoms with Crippen LogP contribution in [0.2, 0.25) is 0 Å². The van der Waals surface area contributed by atoms with E-state index in [1.807, 2.05) is 6.92 Å². The molecule has 2 aromatic rings. The highest BCUT2D eigenvalue weighted by Gasteiger charge is 2.20. The zero-order valence-electron chi connectivity index (χ0n) is 14.1. The third-order valence-corrected chi connectivity index (χ3v) is 6.68. The lowest BCUT2D eigenvalue weighted by atomic mass is 10.2. The van der Waals surface area contributed by atoms with E-state index >= 15 is 0 Å². The summed E-state index contributed by atoms with van der Waals surface area (Å²) in [4.78, 5) is 11.7. The molecule has 7 heteroatoms. The van der Waals surface area contributed by atoms with Crippen LogP contribution in [-0.2, 0) is 14.6 Å². The highest BCUT2D eigenvalue weighted by atomic mass is 32.3. The first-order valence-corrected chi connectivity index (χ1v) is 10.1. The number of sulfone groups is 1. The summed E-state index contributed by atoms with van der Waals surface area (Å²) in [5.74, 6) is -0.422. The molecule has 0 heterocycles. The molecule has 0 amide bonds. The van der Waals surface area contributed by atoms with Crippen LogP contribution in [0.25, 0.3) is 0 Å². The predicted molar refractivity (Wildman–Crippen MR) is 101 cm³/mol. The zero-order chi connectivity index (χ0) is 18.4. The van der Waals surface area contributed by atoms with Gasteiger partial charge in [0.15, 0.2) is 0 Å². The SMILES string of the molecule is COC(=O)c1ccc(N/C=C(\SC)S(=O)(=O)c2ccc(C)cc2)cc1. The second-order valence-electron chi connectivity index (χ2n) is 5.20. The van der Waals surface area contributed by atoms with E-state index < -0.39 is 15.8 Å². The second kappa shape index (κ2) is 8.22. The van der Waals surface area contributed by atoms with Crippen molar-refractivity contribution in [3.63, 3.8) is 0 Å². The number of carbonyl (C=O) groups excluding carboxylic acids is 1. The number of hydrogen-bond acceptors (Lipinski definition) is 6. The van der Waals surface area contributed by atoms with Crippen LogP contribution in [0.5, 0.6) is 0 Å². The third kappa shape index (κ3) is 4.64. The van der Waals surface area contributed by atoms with Gasteiger partial charge in [-0.05, 0) is 49.6 Å². The Morgan fingerprint density at radius 2 is 1.68 bits per heavy atom. The smallest absolute Gasteiger partial charge is 0.337 e. The number of anilines is 1. The van der Waals surface area contributed by atoms with E-state index in [2.05, 4.69) is 10.1 Å². The molecule has 0 bridgehead atoms. The summed E-state index contributed by atoms with van der Waals surface area (Å²) in [6.07, 6.45) is 3.16. The van der Waals surface area contributed by atoms with Crippen molar-refractivity contribution in [3.8, 4) is 0 Å². The molecule has 0 spiro atoms. The van der Waals surface area contributed by atoms with Crippen molar-refractivity contribution in [2.45, 2.75) is 11.8 Å². The number of esters is 1. The first kappa shape index (κ1) is 19.1. The van der Waals surface area contributed by atoms with E-state index in [1.54, 1.807) is 54.8 Å². The van der Waals surface area contributed by atoms with Crippen molar-refractivity contribution in [3.05, 3.63) is 70.1 Å². The maximum atomic E-state index is 12.7. The van der Waals surface area contributed by atoms with Gasteiger partial charge in [0.1, 0.15) is 4.24 Å². The lowest BCUT2D eigenvalue weighted by Gasteiger charge is -2.09. The van der Waals surface area contributed by atoms with Crippen LogP contribution < -0.4 is 5.32 Å². The van der Waals surface area contributed by atoms with Gasteiger partial charge in [-0.15, -0.1) is 11.8 Å². The molecule has 0 aliphatic carbocycles. The normalized spacial score (nSPS) is 11.9. The van der Waals surface area contributed by atoms with Gasteiger partial charge >= 0.3 is 5.97 Å². The Hall–Kier alpha value is -2.25. The Labute approximate surface area is 152 Å². The number of hydrogen-bond donors (Lipinski definition) is 1. The van der Waals surface area contributed by atoms with Crippen LogP contribution in [0.15, 0.2) is 63.9 Å². The molecule has 1 N–H and O–H groups in total. The zero-order valence-corrected chi connectivity index (χ0v) is 15.8. The van der Waals surface area contributed by atoms with Crippen molar-refractivity contribution in [1.29, 1.82) is 0 Å². The van der Waals surface area contributed by atoms with Crippen LogP contribution in [0, 0.1) is 6.92 Å². The molecule has 0 unspecified atom stereocenters. The topological polar surface area (TPSA) is 72.5 Å². The summed E-state index contributed by atoms with van der Waals surface area (Å²) in [6, 6.07) is 13.3. The van der Waals surface area contributed by atoms with Crippen molar-refractivity contribution in [1.82, 2.24) is 0 Å². The number of benzene rings is 2. The molecule has 25 heavy (non-hydrogen) atoms. The Morgan fingerprint density at radius 3 is 2.20 bits per heavy atom. The molecule has 0 aromatic heterocycles. The van der Waals surface area contributed by atoms with Crippen molar-refractivity contribution in [2.75, 3.05) is 18.7 Å². The minimum absolute atomic E-state index is 0.202. The molecule has 0 saturated heterocycles. The van der Waals surface area contributed by atoms with Crippen molar-refractivity contribution in [2.24, 2.45) is 0 Å². The van der Waals surface area contributed by atoms with Crippen molar-refractivity contribution >= 4 is 33.3 Å². The lowest BCUT2D eigenvalue weighted by molar-refractivity contribution is 0.0601. The van der Waals surface area contributed by atoms with Gasteiger partial charge < -0.3 is 10.1 Å². The number of carbonyl (C=O) groups is 1. The van der Waals surface area contributed by atoms with Crippen LogP contribution in [0.4, 0.5) is 5.69 Å². The molecule has 0 saturated carbocycles. The number of ether oxygens (including phenoxy) is 1. The van der Waals surface area contributed by atoms with E-state index in [1.165, 1.54) is 13.3 Å². The number of thioether (sulfide) groups is 1. The van der Waals surface area contributed by atoms with Gasteiger partial charge in [-0.25, -0.2) is 13.2 Å². The molecule has 5 nitrogen and oxygen atoms in total. The summed E-state index contributed by atoms with van der Waals surface area (Å²) in [7, 11) is -2.26. The summed E-state index contributed by atoms with van der Waals surface area (Å²) in [6.45, 7) is 1.90. The van der Waals surface area contributed by atoms with Gasteiger partial charge in [0.25, 0.3) is 0 Å². The maximum absolute atomic E-state index is 12.7. The summed E-state index contributed by atoms with van der Waals surface area (Å²) < 4.78 is 30.2. The first-order chi connectivity index (χ1) is 11.9. The largest absolute Gasteiger partial charge is 0.465 e. The Balaban J connectivity index is 2.22. The fraction of sp³-hybridized carbons (Fsp3) is 0.167. The molecule has 0 fully saturated rings. The van der Waals surface area contributed by atoms with Gasteiger partial charge in [-0.3, -0.25) is 0 Å². The second-order valence-corrected chi connectivity index (χ2v) is 8.22. The standard InChI is InChI=1S/C18H19NO4S2/c1-13-4-10-16(11-5-13)25(21,22)17(24-3)12-19-15-8-6-14(7-9-15)18(20)23-2/h4-12,19H,1-3H3/b17-12+. The molecular formula is C18H19NO4S2. The average molecular weight is 377 g/mol. The number of nitrogens with one attached hydrogen (secondary N) is 1. The number of aryl methyl sites for hydroxylation is 1. The minimum atomic E-state index is -3.58. The Kier molecular flexibility index (Phi) is 6.27. The maximum Gasteiger partial charge on any atom is 0.337 e. The molecule has 0 aliphatic rings. The van der Waals surface area contributed by atoms with Crippen molar-refractivity contribution < 1.29 is 17.9 Å². The van der Waals surface area contributed by atoms with Crippen LogP contribution in [0.3, 0.4) is 0 Å². The summed E-state index contributed by atoms with van der Waals surface area (Å²) >= 11 is 1.14. The van der Waals surface area contributed by atoms with Crippen LogP contribution in [0.1, 0.15) is 15.9 Å². The highest BCUT2D eigenvalue weighted by Crippen LogP contribution is 2.27. The fourth-order valence-electron chi connectivity index (χ4n) is 2.04. The summed E-state index contributed by atoms with van der Waals surface area (Å²) in [5, 5.41) is 2.95. The van der Waals surface area contributed by atoms with Gasteiger partial charge in [-0.2, -0.15) is 0 Å². The molecule has 0 atom stereocenters. The quantitative estimate of drug-likeness (QED) is 0.772. The molecule has 132 valence electrons. The highest BCUT2D eigenvalue weighted by molar-refractivity contribution is 8.18. The van der Waals surface area contributed by atoms with E-state index in [0.717, 1.165) is 17.3 Å². The minimum Gasteiger partial charge on any atom is -0.465 e. The van der Waals surface area contributed by atoms with Crippen LogP contribution >= 0.6 is 11.8 Å². The Morgan fingerprint density at radius 1 is 1.08 bits per heavy atom. The van der Waals surface area contributed by atoms with E-state index in [0.29, 0.717) is 11.3 Å². The fourth-order valence-corrected chi connectivity index (χ4v) is 4.33. The molecule has 0 radical (unpaired) electrons. The first-order valence-electron chi connectivity index (χ1n) is 7.39. The van der Waals surface area contributed by atoms with Gasteiger partial charge in [0.05, 0.1) is 17.6 Å². The van der Waals surface area contributed by atoms with Gasteiger partial charge in [-0.1, -0.05) is 17.7 Å². The van der Waals surface area contributed by atoms with E-state index in [9.17, 15) is 13.2 Å². The number of rotatable bonds is 6. The monoisotopic (exact) mass is 377 g/mol. The molecular weight excluding hydrogens is 358 g/mol. The van der Waals surface area contributed by atoms with Gasteiger partial charge in [0, 0.05) is 11.9 Å². The van der Waals surface area contributed by atoms with Gasteiger partial charge in [0.2, 0.25) is 9.84 Å². The predicted octanol–water partition coefficient (Wildman–Crippen LogP) is 3.83. The molecule has 0 aliphatic heterocycles.